The average Bonchev–Trinajstić information content (AvgIpc) is 3.07. The third-order valence-corrected chi connectivity index (χ3v) is 5.70. The van der Waals surface area contributed by atoms with Gasteiger partial charge in [-0.1, -0.05) is 29.8 Å². The summed E-state index contributed by atoms with van der Waals surface area (Å²) >= 11 is 1.72. The summed E-state index contributed by atoms with van der Waals surface area (Å²) in [5.74, 6) is 0.905. The molecule has 2 aromatic rings. The smallest absolute Gasteiger partial charge is 0.191 e. The lowest BCUT2D eigenvalue weighted by atomic mass is 10.0. The fourth-order valence-corrected chi connectivity index (χ4v) is 4.15. The summed E-state index contributed by atoms with van der Waals surface area (Å²) in [6, 6.07) is 9.32. The number of aliphatic imine (C=N–C) groups is 1. The van der Waals surface area contributed by atoms with Gasteiger partial charge in [-0.05, 0) is 39.2 Å². The van der Waals surface area contributed by atoms with Gasteiger partial charge in [-0.25, -0.2) is 9.98 Å². The van der Waals surface area contributed by atoms with Crippen molar-refractivity contribution in [2.45, 2.75) is 52.7 Å². The van der Waals surface area contributed by atoms with E-state index in [1.807, 2.05) is 6.20 Å². The van der Waals surface area contributed by atoms with Gasteiger partial charge in [-0.2, -0.15) is 0 Å². The minimum atomic E-state index is 0. The van der Waals surface area contributed by atoms with Crippen LogP contribution >= 0.6 is 35.3 Å². The fourth-order valence-electron chi connectivity index (χ4n) is 3.44. The molecule has 0 bridgehead atoms. The van der Waals surface area contributed by atoms with Gasteiger partial charge in [0.2, 0.25) is 0 Å². The molecule has 5 nitrogen and oxygen atoms in total. The second-order valence-corrected chi connectivity index (χ2v) is 8.56. The Balaban J connectivity index is 0.00000280. The van der Waals surface area contributed by atoms with Crippen molar-refractivity contribution in [2.75, 3.05) is 19.6 Å². The monoisotopic (exact) mass is 513 g/mol. The first-order chi connectivity index (χ1) is 13.1. The van der Waals surface area contributed by atoms with Gasteiger partial charge < -0.3 is 10.6 Å². The summed E-state index contributed by atoms with van der Waals surface area (Å²) in [5, 5.41) is 8.05. The van der Waals surface area contributed by atoms with Crippen LogP contribution in [0.5, 0.6) is 0 Å². The Labute approximate surface area is 190 Å². The van der Waals surface area contributed by atoms with Crippen LogP contribution in [0.2, 0.25) is 0 Å². The lowest BCUT2D eigenvalue weighted by molar-refractivity contribution is 0.198. The summed E-state index contributed by atoms with van der Waals surface area (Å²) in [7, 11) is 0. The highest BCUT2D eigenvalue weighted by molar-refractivity contribution is 14.0. The number of hydrogen-bond donors (Lipinski definition) is 2. The molecule has 1 aromatic carbocycles. The van der Waals surface area contributed by atoms with Crippen molar-refractivity contribution in [1.29, 1.82) is 0 Å². The van der Waals surface area contributed by atoms with Crippen LogP contribution < -0.4 is 10.6 Å². The molecule has 0 radical (unpaired) electrons. The Hall–Kier alpha value is -1.19. The van der Waals surface area contributed by atoms with Gasteiger partial charge in [0.05, 0.1) is 6.54 Å². The van der Waals surface area contributed by atoms with Gasteiger partial charge in [-0.3, -0.25) is 4.90 Å². The van der Waals surface area contributed by atoms with E-state index in [2.05, 4.69) is 65.6 Å². The van der Waals surface area contributed by atoms with E-state index >= 15 is 0 Å². The van der Waals surface area contributed by atoms with Crippen molar-refractivity contribution < 1.29 is 0 Å². The molecule has 0 spiro atoms. The molecule has 0 aliphatic carbocycles. The van der Waals surface area contributed by atoms with Crippen LogP contribution in [0, 0.1) is 13.8 Å². The second kappa shape index (κ2) is 11.7. The molecule has 0 atom stereocenters. The van der Waals surface area contributed by atoms with Crippen molar-refractivity contribution in [3.63, 3.8) is 0 Å². The SMILES string of the molecule is CCNC(=NCc1ncc(C)s1)NC1CCN(Cc2cccc(C)c2)CC1.I. The van der Waals surface area contributed by atoms with Crippen LogP contribution in [0.3, 0.4) is 0 Å². The first kappa shape index (κ1) is 23.1. The molecule has 154 valence electrons. The number of rotatable bonds is 6. The number of aromatic nitrogens is 1. The van der Waals surface area contributed by atoms with E-state index in [9.17, 15) is 0 Å². The Morgan fingerprint density at radius 2 is 2.07 bits per heavy atom. The third-order valence-electron chi connectivity index (χ3n) is 4.80. The molecular formula is C21H32IN5S. The summed E-state index contributed by atoms with van der Waals surface area (Å²) in [4.78, 5) is 12.9. The van der Waals surface area contributed by atoms with Crippen molar-refractivity contribution in [3.8, 4) is 0 Å². The highest BCUT2D eigenvalue weighted by atomic mass is 127. The van der Waals surface area contributed by atoms with E-state index in [4.69, 9.17) is 4.99 Å². The number of guanidine groups is 1. The first-order valence-electron chi connectivity index (χ1n) is 9.86. The molecule has 0 amide bonds. The third kappa shape index (κ3) is 7.33. The molecule has 1 aliphatic rings. The van der Waals surface area contributed by atoms with Gasteiger partial charge in [0.15, 0.2) is 5.96 Å². The van der Waals surface area contributed by atoms with Crippen LogP contribution in [-0.2, 0) is 13.1 Å². The molecule has 28 heavy (non-hydrogen) atoms. The van der Waals surface area contributed by atoms with E-state index in [0.717, 1.165) is 50.0 Å². The topological polar surface area (TPSA) is 52.6 Å². The highest BCUT2D eigenvalue weighted by Gasteiger charge is 2.20. The minimum Gasteiger partial charge on any atom is -0.357 e. The zero-order valence-electron chi connectivity index (χ0n) is 17.1. The zero-order valence-corrected chi connectivity index (χ0v) is 20.2. The Bertz CT molecular complexity index is 753. The number of benzene rings is 1. The molecule has 7 heteroatoms. The normalized spacial score (nSPS) is 15.9. The first-order valence-corrected chi connectivity index (χ1v) is 10.7. The number of nitrogens with zero attached hydrogens (tertiary/aromatic N) is 3. The van der Waals surface area contributed by atoms with Crippen LogP contribution in [-0.4, -0.2) is 41.5 Å². The molecule has 2 N–H and O–H groups in total. The van der Waals surface area contributed by atoms with Crippen LogP contribution in [0.1, 0.15) is 40.8 Å². The van der Waals surface area contributed by atoms with Crippen molar-refractivity contribution in [2.24, 2.45) is 4.99 Å². The Kier molecular flexibility index (Phi) is 9.67. The summed E-state index contributed by atoms with van der Waals surface area (Å²) in [6.45, 7) is 11.1. The zero-order chi connectivity index (χ0) is 19.1. The lowest BCUT2D eigenvalue weighted by Gasteiger charge is -2.33. The average molecular weight is 513 g/mol. The molecule has 1 aromatic heterocycles. The number of aryl methyl sites for hydroxylation is 2. The van der Waals surface area contributed by atoms with Gasteiger partial charge in [0.25, 0.3) is 0 Å². The molecule has 3 rings (SSSR count). The maximum atomic E-state index is 4.72. The molecule has 1 aliphatic heterocycles. The van der Waals surface area contributed by atoms with Crippen molar-refractivity contribution >= 4 is 41.3 Å². The molecular weight excluding hydrogens is 481 g/mol. The Morgan fingerprint density at radius 3 is 2.71 bits per heavy atom. The fraction of sp³-hybridized carbons (Fsp3) is 0.524. The Morgan fingerprint density at radius 1 is 1.29 bits per heavy atom. The minimum absolute atomic E-state index is 0. The second-order valence-electron chi connectivity index (χ2n) is 7.24. The predicted octanol–water partition coefficient (Wildman–Crippen LogP) is 4.10. The molecule has 1 saturated heterocycles. The van der Waals surface area contributed by atoms with Crippen LogP contribution in [0.25, 0.3) is 0 Å². The van der Waals surface area contributed by atoms with E-state index < -0.39 is 0 Å². The van der Waals surface area contributed by atoms with Gasteiger partial charge in [0, 0.05) is 43.3 Å². The molecule has 0 unspecified atom stereocenters. The standard InChI is InChI=1S/C21H31N5S.HI/c1-4-22-21(24-14-20-23-13-17(3)27-20)25-19-8-10-26(11-9-19)15-18-7-5-6-16(2)12-18;/h5-7,12-13,19H,4,8-11,14-15H2,1-3H3,(H2,22,24,25);1H. The summed E-state index contributed by atoms with van der Waals surface area (Å²) < 4.78 is 0. The van der Waals surface area contributed by atoms with E-state index in [1.165, 1.54) is 16.0 Å². The van der Waals surface area contributed by atoms with Crippen LogP contribution in [0.4, 0.5) is 0 Å². The van der Waals surface area contributed by atoms with Crippen molar-refractivity contribution in [1.82, 2.24) is 20.5 Å². The van der Waals surface area contributed by atoms with Gasteiger partial charge in [0.1, 0.15) is 5.01 Å². The van der Waals surface area contributed by atoms with Crippen LogP contribution in [0.15, 0.2) is 35.5 Å². The van der Waals surface area contributed by atoms with Gasteiger partial charge in [-0.15, -0.1) is 35.3 Å². The number of hydrogen-bond acceptors (Lipinski definition) is 4. The lowest BCUT2D eigenvalue weighted by Crippen LogP contribution is -2.48. The number of thiazole rings is 1. The maximum Gasteiger partial charge on any atom is 0.191 e. The summed E-state index contributed by atoms with van der Waals surface area (Å²) in [6.07, 6.45) is 4.21. The number of likely N-dealkylation sites (tertiary alicyclic amines) is 1. The maximum absolute atomic E-state index is 4.72. The quantitative estimate of drug-likeness (QED) is 0.347. The van der Waals surface area contributed by atoms with Crippen molar-refractivity contribution in [3.05, 3.63) is 51.5 Å². The highest BCUT2D eigenvalue weighted by Crippen LogP contribution is 2.15. The molecule has 2 heterocycles. The number of piperidine rings is 1. The number of nitrogens with one attached hydrogen (secondary N) is 2. The van der Waals surface area contributed by atoms with E-state index in [0.29, 0.717) is 12.6 Å². The predicted molar refractivity (Wildman–Crippen MR) is 130 cm³/mol. The molecule has 0 saturated carbocycles. The van der Waals surface area contributed by atoms with E-state index in [1.54, 1.807) is 11.3 Å². The number of halogens is 1. The molecule has 1 fully saturated rings. The summed E-state index contributed by atoms with van der Waals surface area (Å²) in [5.41, 5.74) is 2.75. The largest absolute Gasteiger partial charge is 0.357 e. The van der Waals surface area contributed by atoms with Gasteiger partial charge >= 0.3 is 0 Å². The van der Waals surface area contributed by atoms with E-state index in [-0.39, 0.29) is 24.0 Å².